The van der Waals surface area contributed by atoms with Crippen LogP contribution in [0.25, 0.3) is 0 Å². The molecule has 0 aliphatic carbocycles. The number of rotatable bonds is 5. The van der Waals surface area contributed by atoms with Crippen LogP contribution in [0, 0.1) is 17.6 Å². The van der Waals surface area contributed by atoms with Gasteiger partial charge in [-0.05, 0) is 28.4 Å². The van der Waals surface area contributed by atoms with E-state index < -0.39 is 23.5 Å². The van der Waals surface area contributed by atoms with Crippen LogP contribution in [-0.2, 0) is 4.79 Å². The number of carbonyl (C=O) groups excluding carboxylic acids is 1. The Morgan fingerprint density at radius 3 is 2.70 bits per heavy atom. The normalized spacial score (nSPS) is 13.1. The minimum atomic E-state index is -0.909. The first-order valence-corrected chi connectivity index (χ1v) is 6.62. The van der Waals surface area contributed by atoms with Crippen LogP contribution in [0.1, 0.15) is 19.8 Å². The van der Waals surface area contributed by atoms with E-state index in [1.54, 1.807) is 0 Å². The van der Waals surface area contributed by atoms with Crippen LogP contribution >= 0.6 is 15.9 Å². The zero-order valence-electron chi connectivity index (χ0n) is 10.7. The second kappa shape index (κ2) is 7.18. The molecule has 0 aliphatic rings. The molecule has 0 fully saturated rings. The van der Waals surface area contributed by atoms with E-state index in [0.717, 1.165) is 6.07 Å². The topological polar surface area (TPSA) is 87.7 Å². The molecule has 0 bridgehead atoms. The van der Waals surface area contributed by atoms with Gasteiger partial charge in [0, 0.05) is 6.07 Å². The maximum atomic E-state index is 13.5. The number of carbonyl (C=O) groups is 1. The van der Waals surface area contributed by atoms with Crippen molar-refractivity contribution in [3.8, 4) is 0 Å². The molecule has 1 aromatic rings. The van der Waals surface area contributed by atoms with Gasteiger partial charge in [0.25, 0.3) is 0 Å². The molecule has 0 saturated heterocycles. The number of hydrogen-bond donors (Lipinski definition) is 3. The smallest absolute Gasteiger partial charge is 0.235 e. The number of benzene rings is 1. The van der Waals surface area contributed by atoms with Gasteiger partial charge in [0.2, 0.25) is 5.91 Å². The first kappa shape index (κ1) is 16.4. The Hall–Kier alpha value is -1.70. The van der Waals surface area contributed by atoms with E-state index in [9.17, 15) is 13.6 Å². The van der Waals surface area contributed by atoms with Gasteiger partial charge in [0.05, 0.1) is 16.1 Å². The number of anilines is 1. The van der Waals surface area contributed by atoms with Gasteiger partial charge in [-0.15, -0.1) is 0 Å². The number of nitrogens with two attached hydrogens (primary N) is 1. The summed E-state index contributed by atoms with van der Waals surface area (Å²) in [6, 6.07) is 1.76. The Labute approximate surface area is 123 Å². The highest BCUT2D eigenvalue weighted by Gasteiger charge is 2.23. The minimum Gasteiger partial charge on any atom is -0.409 e. The van der Waals surface area contributed by atoms with Gasteiger partial charge in [-0.2, -0.15) is 0 Å². The van der Waals surface area contributed by atoms with Gasteiger partial charge in [-0.25, -0.2) is 8.78 Å². The molecule has 0 heterocycles. The van der Waals surface area contributed by atoms with Crippen LogP contribution in [0.4, 0.5) is 14.5 Å². The highest BCUT2D eigenvalue weighted by Crippen LogP contribution is 2.24. The van der Waals surface area contributed by atoms with Crippen LogP contribution in [0.2, 0.25) is 0 Å². The van der Waals surface area contributed by atoms with Gasteiger partial charge < -0.3 is 16.3 Å². The Morgan fingerprint density at radius 1 is 1.50 bits per heavy atom. The summed E-state index contributed by atoms with van der Waals surface area (Å²) in [6.45, 7) is 1.82. The number of hydrogen-bond acceptors (Lipinski definition) is 3. The average molecular weight is 350 g/mol. The molecule has 1 rings (SSSR count). The molecule has 1 unspecified atom stereocenters. The van der Waals surface area contributed by atoms with Crippen molar-refractivity contribution in [2.75, 3.05) is 5.32 Å². The number of nitrogens with zero attached hydrogens (tertiary/aromatic N) is 1. The van der Waals surface area contributed by atoms with Crippen molar-refractivity contribution in [2.24, 2.45) is 16.8 Å². The average Bonchev–Trinajstić information content (AvgIpc) is 2.41. The lowest BCUT2D eigenvalue weighted by molar-refractivity contribution is -0.118. The lowest BCUT2D eigenvalue weighted by Crippen LogP contribution is -2.34. The third-order valence-electron chi connectivity index (χ3n) is 2.63. The Morgan fingerprint density at radius 2 is 2.15 bits per heavy atom. The summed E-state index contributed by atoms with van der Waals surface area (Å²) in [5.74, 6) is -3.45. The van der Waals surface area contributed by atoms with Crippen molar-refractivity contribution in [2.45, 2.75) is 19.8 Å². The van der Waals surface area contributed by atoms with E-state index in [4.69, 9.17) is 10.9 Å². The van der Waals surface area contributed by atoms with Gasteiger partial charge in [0.1, 0.15) is 11.6 Å². The van der Waals surface area contributed by atoms with E-state index in [-0.39, 0.29) is 16.0 Å². The van der Waals surface area contributed by atoms with E-state index in [2.05, 4.69) is 26.4 Å². The number of amides is 1. The van der Waals surface area contributed by atoms with Crippen LogP contribution in [-0.4, -0.2) is 17.0 Å². The molecule has 5 nitrogen and oxygen atoms in total. The first-order chi connectivity index (χ1) is 9.40. The maximum absolute atomic E-state index is 13.5. The number of amidine groups is 1. The van der Waals surface area contributed by atoms with Crippen molar-refractivity contribution < 1.29 is 18.8 Å². The molecule has 8 heteroatoms. The van der Waals surface area contributed by atoms with E-state index >= 15 is 0 Å². The molecule has 0 aromatic heterocycles. The minimum absolute atomic E-state index is 0.0186. The van der Waals surface area contributed by atoms with E-state index in [0.29, 0.717) is 18.9 Å². The second-order valence-corrected chi connectivity index (χ2v) is 4.96. The number of oxime groups is 1. The fraction of sp³-hybridized carbons (Fsp3) is 0.333. The molecule has 0 aliphatic heterocycles. The zero-order valence-corrected chi connectivity index (χ0v) is 12.2. The largest absolute Gasteiger partial charge is 0.409 e. The van der Waals surface area contributed by atoms with E-state index in [1.807, 2.05) is 6.92 Å². The van der Waals surface area contributed by atoms with Crippen molar-refractivity contribution >= 4 is 33.4 Å². The van der Waals surface area contributed by atoms with Crippen LogP contribution < -0.4 is 11.1 Å². The summed E-state index contributed by atoms with van der Waals surface area (Å²) in [5, 5.41) is 13.7. The van der Waals surface area contributed by atoms with Gasteiger partial charge in [-0.1, -0.05) is 18.5 Å². The molecule has 4 N–H and O–H groups in total. The molecule has 110 valence electrons. The van der Waals surface area contributed by atoms with E-state index in [1.165, 1.54) is 0 Å². The molecule has 20 heavy (non-hydrogen) atoms. The summed E-state index contributed by atoms with van der Waals surface area (Å²) >= 11 is 2.90. The monoisotopic (exact) mass is 349 g/mol. The van der Waals surface area contributed by atoms with Crippen LogP contribution in [0.5, 0.6) is 0 Å². The lowest BCUT2D eigenvalue weighted by Gasteiger charge is -2.15. The third-order valence-corrected chi connectivity index (χ3v) is 3.24. The molecule has 1 aromatic carbocycles. The number of nitrogens with one attached hydrogen (secondary N) is 1. The van der Waals surface area contributed by atoms with Crippen molar-refractivity contribution in [1.29, 1.82) is 0 Å². The zero-order chi connectivity index (χ0) is 15.3. The molecule has 0 radical (unpaired) electrons. The highest BCUT2D eigenvalue weighted by molar-refractivity contribution is 9.10. The quantitative estimate of drug-likeness (QED) is 0.251. The van der Waals surface area contributed by atoms with Gasteiger partial charge >= 0.3 is 0 Å². The Bertz CT molecular complexity index is 538. The standard InChI is InChI=1S/C12H14BrF2N3O2/c1-2-3-6(11(16)18-20)12(19)17-10-4-7(13)8(14)5-9(10)15/h4-6,20H,2-3H2,1H3,(H2,16,18)(H,17,19). The molecule has 0 saturated carbocycles. The predicted octanol–water partition coefficient (Wildman–Crippen LogP) is 2.83. The summed E-state index contributed by atoms with van der Waals surface area (Å²) in [7, 11) is 0. The number of halogens is 3. The van der Waals surface area contributed by atoms with Crippen molar-refractivity contribution in [1.82, 2.24) is 0 Å². The van der Waals surface area contributed by atoms with Crippen molar-refractivity contribution in [3.05, 3.63) is 28.2 Å². The summed E-state index contributed by atoms with van der Waals surface area (Å²) < 4.78 is 26.6. The Kier molecular flexibility index (Phi) is 5.87. The molecule has 1 amide bonds. The van der Waals surface area contributed by atoms with Crippen LogP contribution in [0.15, 0.2) is 21.8 Å². The summed E-state index contributed by atoms with van der Waals surface area (Å²) in [5.41, 5.74) is 5.24. The summed E-state index contributed by atoms with van der Waals surface area (Å²) in [6.07, 6.45) is 0.954. The lowest BCUT2D eigenvalue weighted by atomic mass is 10.0. The van der Waals surface area contributed by atoms with Crippen LogP contribution in [0.3, 0.4) is 0 Å². The molecular formula is C12H14BrF2N3O2. The Balaban J connectivity index is 2.96. The van der Waals surface area contributed by atoms with Crippen molar-refractivity contribution in [3.63, 3.8) is 0 Å². The maximum Gasteiger partial charge on any atom is 0.235 e. The highest BCUT2D eigenvalue weighted by atomic mass is 79.9. The molecule has 0 spiro atoms. The first-order valence-electron chi connectivity index (χ1n) is 5.83. The van der Waals surface area contributed by atoms with Gasteiger partial charge in [-0.3, -0.25) is 4.79 Å². The fourth-order valence-electron chi connectivity index (χ4n) is 1.61. The predicted molar refractivity (Wildman–Crippen MR) is 74.5 cm³/mol. The van der Waals surface area contributed by atoms with Gasteiger partial charge in [0.15, 0.2) is 5.84 Å². The SMILES string of the molecule is CCCC(C(=O)Nc1cc(Br)c(F)cc1F)/C(N)=N/O. The second-order valence-electron chi connectivity index (χ2n) is 4.10. The third kappa shape index (κ3) is 3.89. The molecule has 1 atom stereocenters. The summed E-state index contributed by atoms with van der Waals surface area (Å²) in [4.78, 5) is 12.0. The molecular weight excluding hydrogens is 336 g/mol. The fourth-order valence-corrected chi connectivity index (χ4v) is 1.95.